The van der Waals surface area contributed by atoms with E-state index < -0.39 is 5.97 Å². The standard InChI is InChI=1S/C12H13BrClNO3/c13-8-6-11-10(7-9(8)14)15(4-5-18-11)3-1-2-12(16)17/h6-7H,1-5H2,(H,16,17). The molecule has 1 heterocycles. The first-order valence-corrected chi connectivity index (χ1v) is 6.83. The second-order valence-corrected chi connectivity index (χ2v) is 5.33. The average molecular weight is 335 g/mol. The second kappa shape index (κ2) is 5.80. The first-order chi connectivity index (χ1) is 8.58. The Bertz CT molecular complexity index is 467. The first-order valence-electron chi connectivity index (χ1n) is 5.66. The summed E-state index contributed by atoms with van der Waals surface area (Å²) < 4.78 is 6.37. The van der Waals surface area contributed by atoms with Crippen molar-refractivity contribution < 1.29 is 14.6 Å². The molecule has 2 rings (SSSR count). The fraction of sp³-hybridized carbons (Fsp3) is 0.417. The van der Waals surface area contributed by atoms with E-state index in [9.17, 15) is 4.79 Å². The van der Waals surface area contributed by atoms with E-state index in [2.05, 4.69) is 20.8 Å². The zero-order valence-corrected chi connectivity index (χ0v) is 12.0. The topological polar surface area (TPSA) is 49.8 Å². The highest BCUT2D eigenvalue weighted by Gasteiger charge is 2.19. The molecule has 0 unspecified atom stereocenters. The predicted molar refractivity (Wildman–Crippen MR) is 73.7 cm³/mol. The summed E-state index contributed by atoms with van der Waals surface area (Å²) >= 11 is 9.43. The Morgan fingerprint density at radius 2 is 2.33 bits per heavy atom. The highest BCUT2D eigenvalue weighted by Crippen LogP contribution is 2.38. The van der Waals surface area contributed by atoms with E-state index in [0.717, 1.165) is 22.5 Å². The minimum absolute atomic E-state index is 0.178. The number of rotatable bonds is 4. The highest BCUT2D eigenvalue weighted by molar-refractivity contribution is 9.10. The van der Waals surface area contributed by atoms with Crippen molar-refractivity contribution in [2.45, 2.75) is 12.8 Å². The van der Waals surface area contributed by atoms with Crippen LogP contribution in [-0.4, -0.2) is 30.8 Å². The maximum absolute atomic E-state index is 10.5. The Labute approximate surface area is 119 Å². The van der Waals surface area contributed by atoms with Crippen LogP contribution >= 0.6 is 27.5 Å². The number of hydrogen-bond acceptors (Lipinski definition) is 3. The van der Waals surface area contributed by atoms with Crippen molar-refractivity contribution in [3.8, 4) is 5.75 Å². The van der Waals surface area contributed by atoms with Crippen molar-refractivity contribution in [2.75, 3.05) is 24.6 Å². The summed E-state index contributed by atoms with van der Waals surface area (Å²) in [7, 11) is 0. The van der Waals surface area contributed by atoms with Gasteiger partial charge in [-0.25, -0.2) is 0 Å². The maximum atomic E-state index is 10.5. The van der Waals surface area contributed by atoms with Gasteiger partial charge < -0.3 is 14.7 Å². The van der Waals surface area contributed by atoms with Crippen LogP contribution in [0, 0.1) is 0 Å². The summed E-state index contributed by atoms with van der Waals surface area (Å²) in [4.78, 5) is 12.6. The Morgan fingerprint density at radius 1 is 1.56 bits per heavy atom. The molecule has 1 aromatic rings. The van der Waals surface area contributed by atoms with Gasteiger partial charge in [-0.05, 0) is 34.5 Å². The highest BCUT2D eigenvalue weighted by atomic mass is 79.9. The summed E-state index contributed by atoms with van der Waals surface area (Å²) in [6.45, 7) is 2.05. The molecule has 0 atom stereocenters. The van der Waals surface area contributed by atoms with Crippen LogP contribution in [0.15, 0.2) is 16.6 Å². The van der Waals surface area contributed by atoms with Crippen LogP contribution in [0.1, 0.15) is 12.8 Å². The summed E-state index contributed by atoms with van der Waals surface area (Å²) in [6, 6.07) is 3.70. The smallest absolute Gasteiger partial charge is 0.303 e. The fourth-order valence-electron chi connectivity index (χ4n) is 1.92. The molecule has 98 valence electrons. The molecule has 0 fully saturated rings. The van der Waals surface area contributed by atoms with Crippen LogP contribution in [0.4, 0.5) is 5.69 Å². The lowest BCUT2D eigenvalue weighted by molar-refractivity contribution is -0.137. The molecule has 4 nitrogen and oxygen atoms in total. The van der Waals surface area contributed by atoms with Crippen LogP contribution in [0.3, 0.4) is 0 Å². The summed E-state index contributed by atoms with van der Waals surface area (Å²) in [5.74, 6) is 0.0187. The summed E-state index contributed by atoms with van der Waals surface area (Å²) in [5, 5.41) is 9.28. The molecular formula is C12H13BrClNO3. The van der Waals surface area contributed by atoms with E-state index >= 15 is 0 Å². The molecule has 1 N–H and O–H groups in total. The largest absolute Gasteiger partial charge is 0.490 e. The van der Waals surface area contributed by atoms with Gasteiger partial charge in [0.25, 0.3) is 0 Å². The van der Waals surface area contributed by atoms with Gasteiger partial charge in [-0.3, -0.25) is 4.79 Å². The molecule has 1 aliphatic rings. The molecule has 1 aromatic carbocycles. The molecule has 0 radical (unpaired) electrons. The van der Waals surface area contributed by atoms with Crippen molar-refractivity contribution in [1.82, 2.24) is 0 Å². The van der Waals surface area contributed by atoms with Gasteiger partial charge in [0.2, 0.25) is 0 Å². The molecule has 0 spiro atoms. The average Bonchev–Trinajstić information content (AvgIpc) is 2.31. The SMILES string of the molecule is O=C(O)CCCN1CCOc2cc(Br)c(Cl)cc21. The number of aliphatic carboxylic acids is 1. The Hall–Kier alpha value is -0.940. The normalized spacial score (nSPS) is 14.0. The van der Waals surface area contributed by atoms with Gasteiger partial charge in [0, 0.05) is 17.4 Å². The third-order valence-corrected chi connectivity index (χ3v) is 3.98. The Balaban J connectivity index is 2.12. The lowest BCUT2D eigenvalue weighted by atomic mass is 10.2. The third-order valence-electron chi connectivity index (χ3n) is 2.78. The molecular weight excluding hydrogens is 321 g/mol. The number of halogens is 2. The molecule has 0 bridgehead atoms. The maximum Gasteiger partial charge on any atom is 0.303 e. The van der Waals surface area contributed by atoms with Crippen LogP contribution < -0.4 is 9.64 Å². The molecule has 0 saturated carbocycles. The summed E-state index contributed by atoms with van der Waals surface area (Å²) in [5.41, 5.74) is 0.930. The van der Waals surface area contributed by atoms with Gasteiger partial charge >= 0.3 is 5.97 Å². The third kappa shape index (κ3) is 3.09. The predicted octanol–water partition coefficient (Wildman–Crippen LogP) is 3.17. The van der Waals surface area contributed by atoms with Crippen molar-refractivity contribution >= 4 is 39.2 Å². The monoisotopic (exact) mass is 333 g/mol. The minimum atomic E-state index is -0.766. The quantitative estimate of drug-likeness (QED) is 0.919. The van der Waals surface area contributed by atoms with Gasteiger partial charge in [0.1, 0.15) is 12.4 Å². The molecule has 0 aliphatic carbocycles. The molecule has 6 heteroatoms. The van der Waals surface area contributed by atoms with E-state index in [1.807, 2.05) is 12.1 Å². The Kier molecular flexibility index (Phi) is 4.35. The van der Waals surface area contributed by atoms with Gasteiger partial charge in [-0.15, -0.1) is 0 Å². The number of nitrogens with zero attached hydrogens (tertiary/aromatic N) is 1. The molecule has 0 saturated heterocycles. The zero-order chi connectivity index (χ0) is 13.1. The van der Waals surface area contributed by atoms with Crippen LogP contribution in [0.2, 0.25) is 5.02 Å². The summed E-state index contributed by atoms with van der Waals surface area (Å²) in [6.07, 6.45) is 0.791. The van der Waals surface area contributed by atoms with Crippen LogP contribution in [0.25, 0.3) is 0 Å². The van der Waals surface area contributed by atoms with E-state index in [4.69, 9.17) is 21.4 Å². The van der Waals surface area contributed by atoms with Gasteiger partial charge in [0.05, 0.1) is 17.3 Å². The number of fused-ring (bicyclic) bond motifs is 1. The number of carboxylic acids is 1. The van der Waals surface area contributed by atoms with E-state index in [1.54, 1.807) is 0 Å². The van der Waals surface area contributed by atoms with Crippen molar-refractivity contribution in [1.29, 1.82) is 0 Å². The van der Waals surface area contributed by atoms with Crippen LogP contribution in [0.5, 0.6) is 5.75 Å². The first kappa shape index (κ1) is 13.5. The van der Waals surface area contributed by atoms with Gasteiger partial charge in [-0.1, -0.05) is 11.6 Å². The van der Waals surface area contributed by atoms with Gasteiger partial charge in [-0.2, -0.15) is 0 Å². The van der Waals surface area contributed by atoms with E-state index in [1.165, 1.54) is 0 Å². The molecule has 0 aromatic heterocycles. The number of carboxylic acid groups (broad SMARTS) is 1. The molecule has 0 amide bonds. The number of carbonyl (C=O) groups is 1. The van der Waals surface area contributed by atoms with Gasteiger partial charge in [0.15, 0.2) is 0 Å². The minimum Gasteiger partial charge on any atom is -0.490 e. The van der Waals surface area contributed by atoms with Crippen molar-refractivity contribution in [3.05, 3.63) is 21.6 Å². The van der Waals surface area contributed by atoms with Crippen molar-refractivity contribution in [2.24, 2.45) is 0 Å². The van der Waals surface area contributed by atoms with E-state index in [-0.39, 0.29) is 6.42 Å². The lowest BCUT2D eigenvalue weighted by Gasteiger charge is -2.31. The van der Waals surface area contributed by atoms with Crippen LogP contribution in [-0.2, 0) is 4.79 Å². The number of hydrogen-bond donors (Lipinski definition) is 1. The lowest BCUT2D eigenvalue weighted by Crippen LogP contribution is -2.33. The number of ether oxygens (including phenoxy) is 1. The number of anilines is 1. The second-order valence-electron chi connectivity index (χ2n) is 4.07. The Morgan fingerprint density at radius 3 is 3.06 bits per heavy atom. The number of benzene rings is 1. The fourth-order valence-corrected chi connectivity index (χ4v) is 2.40. The molecule has 1 aliphatic heterocycles. The van der Waals surface area contributed by atoms with E-state index in [0.29, 0.717) is 24.6 Å². The van der Waals surface area contributed by atoms with Crippen molar-refractivity contribution in [3.63, 3.8) is 0 Å². The zero-order valence-electron chi connectivity index (χ0n) is 9.66. The molecule has 18 heavy (non-hydrogen) atoms.